The van der Waals surface area contributed by atoms with E-state index in [1.165, 1.54) is 0 Å². The van der Waals surface area contributed by atoms with Crippen LogP contribution in [0.4, 0.5) is 0 Å². The Hall–Kier alpha value is -0.120. The van der Waals surface area contributed by atoms with E-state index in [2.05, 4.69) is 40.1 Å². The van der Waals surface area contributed by atoms with Crippen LogP contribution in [-0.4, -0.2) is 74.3 Å². The lowest BCUT2D eigenvalue weighted by molar-refractivity contribution is -0.919. The average molecular weight is 199 g/mol. The molecule has 0 N–H and O–H groups in total. The first-order valence-electron chi connectivity index (χ1n) is 5.37. The summed E-state index contributed by atoms with van der Waals surface area (Å²) in [6.07, 6.45) is 0. The quantitative estimate of drug-likeness (QED) is 0.403. The summed E-state index contributed by atoms with van der Waals surface area (Å²) < 4.78 is 1.74. The monoisotopic (exact) mass is 199 g/mol. The smallest absolute Gasteiger partial charge is 0.102 e. The first-order chi connectivity index (χ1) is 6.31. The van der Waals surface area contributed by atoms with Gasteiger partial charge in [-0.2, -0.15) is 0 Å². The average Bonchev–Trinajstić information content (AvgIpc) is 2.12. The molecule has 0 aromatic rings. The second-order valence-electron chi connectivity index (χ2n) is 5.44. The van der Waals surface area contributed by atoms with Crippen LogP contribution in [0.5, 0.6) is 0 Å². The summed E-state index contributed by atoms with van der Waals surface area (Å²) in [4.78, 5) is 2.38. The van der Waals surface area contributed by atoms with Crippen molar-refractivity contribution < 1.29 is 8.97 Å². The van der Waals surface area contributed by atoms with Gasteiger partial charge >= 0.3 is 0 Å². The van der Waals surface area contributed by atoms with Crippen molar-refractivity contribution in [1.29, 1.82) is 0 Å². The third-order valence-corrected chi connectivity index (χ3v) is 3.22. The van der Waals surface area contributed by atoms with Gasteiger partial charge in [0.25, 0.3) is 0 Å². The lowest BCUT2D eigenvalue weighted by atomic mass is 10.4. The Morgan fingerprint density at radius 1 is 0.857 bits per heavy atom. The highest BCUT2D eigenvalue weighted by Crippen LogP contribution is 2.08. The van der Waals surface area contributed by atoms with Gasteiger partial charge in [-0.1, -0.05) is 0 Å². The van der Waals surface area contributed by atoms with Crippen LogP contribution in [0.15, 0.2) is 0 Å². The van der Waals surface area contributed by atoms with Crippen molar-refractivity contribution >= 4 is 0 Å². The molecule has 0 amide bonds. The Kier molecular flexibility index (Phi) is 3.56. The third kappa shape index (κ3) is 3.95. The molecule has 0 saturated carbocycles. The van der Waals surface area contributed by atoms with Crippen LogP contribution >= 0.6 is 0 Å². The summed E-state index contributed by atoms with van der Waals surface area (Å²) in [7, 11) is 15.1. The highest BCUT2D eigenvalue weighted by Gasteiger charge is 2.19. The maximum Gasteiger partial charge on any atom is 0.102 e. The topological polar surface area (TPSA) is 3.24 Å². The number of likely N-dealkylation sites (N-methyl/N-ethyl adjacent to an activating group) is 3. The van der Waals surface area contributed by atoms with Crippen LogP contribution in [0, 0.1) is 14.1 Å². The van der Waals surface area contributed by atoms with Crippen LogP contribution in [-0.2, 0) is 0 Å². The van der Waals surface area contributed by atoms with Crippen molar-refractivity contribution in [2.45, 2.75) is 0 Å². The minimum absolute atomic E-state index is 0.869. The van der Waals surface area contributed by atoms with Crippen LogP contribution in [0.1, 0.15) is 0 Å². The van der Waals surface area contributed by atoms with Gasteiger partial charge in [0, 0.05) is 27.2 Å². The van der Waals surface area contributed by atoms with E-state index >= 15 is 0 Å². The lowest BCUT2D eigenvalue weighted by Gasteiger charge is -2.43. The Bertz CT molecular complexity index is 167. The van der Waals surface area contributed by atoms with Gasteiger partial charge in [0.15, 0.2) is 0 Å². The molecule has 0 spiro atoms. The zero-order valence-electron chi connectivity index (χ0n) is 10.00. The molecule has 0 aromatic heterocycles. The fourth-order valence-corrected chi connectivity index (χ4v) is 1.64. The van der Waals surface area contributed by atoms with Crippen LogP contribution in [0.25, 0.3) is 0 Å². The fourth-order valence-electron chi connectivity index (χ4n) is 1.64. The molecule has 1 aliphatic heterocycles. The van der Waals surface area contributed by atoms with Crippen molar-refractivity contribution in [2.24, 2.45) is 0 Å². The molecule has 84 valence electrons. The van der Waals surface area contributed by atoms with Gasteiger partial charge < -0.3 is 8.97 Å². The molecule has 3 heteroatoms. The molecule has 1 heterocycles. The van der Waals surface area contributed by atoms with Gasteiger partial charge in [0.2, 0.25) is 0 Å². The maximum atomic E-state index is 4.25. The summed E-state index contributed by atoms with van der Waals surface area (Å²) in [6, 6.07) is 0. The highest BCUT2D eigenvalue weighted by atomic mass is 15.4. The second-order valence-corrected chi connectivity index (χ2v) is 5.44. The van der Waals surface area contributed by atoms with Crippen molar-refractivity contribution in [3.05, 3.63) is 14.1 Å². The van der Waals surface area contributed by atoms with Crippen molar-refractivity contribution in [3.8, 4) is 0 Å². The zero-order chi connectivity index (χ0) is 10.8. The van der Waals surface area contributed by atoms with Crippen LogP contribution in [0.3, 0.4) is 0 Å². The van der Waals surface area contributed by atoms with Crippen molar-refractivity contribution in [2.75, 3.05) is 60.4 Å². The Morgan fingerprint density at radius 3 is 1.57 bits per heavy atom. The van der Waals surface area contributed by atoms with E-state index in [1.807, 2.05) is 0 Å². The fraction of sp³-hybridized carbons (Fsp3) is 0.818. The number of rotatable bonds is 0. The summed E-state index contributed by atoms with van der Waals surface area (Å²) in [5, 5.41) is 0. The molecule has 1 fully saturated rings. The first-order valence-corrected chi connectivity index (χ1v) is 5.37. The van der Waals surface area contributed by atoms with Gasteiger partial charge in [-0.05, 0) is 7.05 Å². The molecule has 0 aliphatic carbocycles. The molecular weight excluding hydrogens is 174 g/mol. The molecule has 0 unspecified atom stereocenters. The van der Waals surface area contributed by atoms with E-state index < -0.39 is 0 Å². The molecule has 14 heavy (non-hydrogen) atoms. The minimum Gasteiger partial charge on any atom is -0.454 e. The lowest BCUT2D eigenvalue weighted by Crippen LogP contribution is -2.49. The molecular formula is C11H25N3. The maximum absolute atomic E-state index is 4.25. The predicted octanol–water partition coefficient (Wildman–Crippen LogP) is 0.408. The number of nitrogens with zero attached hydrogens (tertiary/aromatic N) is 3. The van der Waals surface area contributed by atoms with E-state index in [-0.39, 0.29) is 0 Å². The van der Waals surface area contributed by atoms with Crippen LogP contribution in [0.2, 0.25) is 0 Å². The van der Waals surface area contributed by atoms with E-state index in [0.29, 0.717) is 0 Å². The number of hydrogen-bond acceptors (Lipinski definition) is 1. The third-order valence-electron chi connectivity index (χ3n) is 3.22. The molecule has 0 radical (unpaired) electrons. The summed E-state index contributed by atoms with van der Waals surface area (Å²) in [5.41, 5.74) is 0. The summed E-state index contributed by atoms with van der Waals surface area (Å²) in [6.45, 7) is 6.79. The molecule has 1 rings (SSSR count). The number of hydrogen-bond donors (Lipinski definition) is 0. The molecule has 0 aromatic carbocycles. The first kappa shape index (κ1) is 12.0. The largest absolute Gasteiger partial charge is 0.454 e. The van der Waals surface area contributed by atoms with Crippen molar-refractivity contribution in [3.63, 3.8) is 0 Å². The van der Waals surface area contributed by atoms with E-state index in [4.69, 9.17) is 0 Å². The summed E-state index contributed by atoms with van der Waals surface area (Å²) >= 11 is 0. The molecule has 3 nitrogen and oxygen atoms in total. The van der Waals surface area contributed by atoms with E-state index in [1.54, 1.807) is 0 Å². The van der Waals surface area contributed by atoms with Crippen molar-refractivity contribution in [1.82, 2.24) is 4.90 Å². The molecule has 1 saturated heterocycles. The van der Waals surface area contributed by atoms with Gasteiger partial charge in [-0.15, -0.1) is 14.1 Å². The second kappa shape index (κ2) is 4.17. The van der Waals surface area contributed by atoms with Gasteiger partial charge in [0.05, 0.1) is 13.1 Å². The zero-order valence-corrected chi connectivity index (χ0v) is 10.00. The van der Waals surface area contributed by atoms with Crippen LogP contribution < -0.4 is 0 Å². The normalized spacial score (nSPS) is 42.6. The Labute approximate surface area is 89.1 Å². The predicted molar refractivity (Wildman–Crippen MR) is 60.0 cm³/mol. The highest BCUT2D eigenvalue weighted by molar-refractivity contribution is 4.54. The molecule has 1 aliphatic rings. The van der Waals surface area contributed by atoms with E-state index in [0.717, 1.165) is 48.2 Å². The minimum atomic E-state index is 0.869. The SMILES string of the molecule is [CH2-][N@+]1(C)CCN(C)CC[N@@+]([CH2-])(C)CC1. The standard InChI is InChI=1S/C11H25N3/c1-12-6-8-13(2,3)10-11-14(4,5)9-7-12/h2,4,6-11H2,1,3,5H3/t13-,14+. The van der Waals surface area contributed by atoms with Gasteiger partial charge in [-0.3, -0.25) is 4.90 Å². The Morgan fingerprint density at radius 2 is 1.21 bits per heavy atom. The summed E-state index contributed by atoms with van der Waals surface area (Å²) in [5.74, 6) is 0. The molecule has 0 bridgehead atoms. The van der Waals surface area contributed by atoms with Gasteiger partial charge in [-0.25, -0.2) is 0 Å². The Balaban J connectivity index is 2.62. The molecule has 2 atom stereocenters. The van der Waals surface area contributed by atoms with E-state index in [9.17, 15) is 0 Å². The number of quaternary nitrogens is 2. The van der Waals surface area contributed by atoms with Gasteiger partial charge in [0.1, 0.15) is 13.1 Å².